The molecule has 1 unspecified atom stereocenters. The predicted molar refractivity (Wildman–Crippen MR) is 123 cm³/mol. The van der Waals surface area contributed by atoms with Crippen LogP contribution in [0.4, 0.5) is 22.0 Å². The highest BCUT2D eigenvalue weighted by atomic mass is 35.5. The molecule has 0 bridgehead atoms. The normalized spacial score (nSPS) is 11.3. The quantitative estimate of drug-likeness (QED) is 0.442. The minimum Gasteiger partial charge on any atom is -0.481 e. The highest BCUT2D eigenvalue weighted by Crippen LogP contribution is 2.37. The zero-order chi connectivity index (χ0) is 21.8. The number of methoxy groups -OCH3 is 1. The average molecular weight is 454 g/mol. The Kier molecular flexibility index (Phi) is 7.11. The molecule has 3 aromatic heterocycles. The van der Waals surface area contributed by atoms with Crippen LogP contribution in [0.3, 0.4) is 0 Å². The lowest BCUT2D eigenvalue weighted by Gasteiger charge is -2.21. The summed E-state index contributed by atoms with van der Waals surface area (Å²) in [4.78, 5) is 21.5. The van der Waals surface area contributed by atoms with Crippen LogP contribution in [0.2, 0.25) is 0 Å². The van der Waals surface area contributed by atoms with Crippen molar-refractivity contribution >= 4 is 30.0 Å². The second kappa shape index (κ2) is 9.97. The summed E-state index contributed by atoms with van der Waals surface area (Å²) in [6.07, 6.45) is 6.40. The highest BCUT2D eigenvalue weighted by Gasteiger charge is 2.23. The van der Waals surface area contributed by atoms with E-state index in [2.05, 4.69) is 30.2 Å². The molecule has 10 heteroatoms. The Bertz CT molecular complexity index is 1180. The van der Waals surface area contributed by atoms with Gasteiger partial charge in [0.2, 0.25) is 11.8 Å². The van der Waals surface area contributed by atoms with Gasteiger partial charge in [0, 0.05) is 41.7 Å². The van der Waals surface area contributed by atoms with Crippen molar-refractivity contribution in [3.63, 3.8) is 0 Å². The fraction of sp³-hybridized carbons (Fsp3) is 0.136. The summed E-state index contributed by atoms with van der Waals surface area (Å²) >= 11 is 0. The maximum atomic E-state index is 13.5. The molecule has 0 amide bonds. The van der Waals surface area contributed by atoms with Crippen molar-refractivity contribution in [1.29, 1.82) is 0 Å². The van der Waals surface area contributed by atoms with Gasteiger partial charge in [-0.05, 0) is 23.8 Å². The van der Waals surface area contributed by atoms with Gasteiger partial charge in [0.25, 0.3) is 0 Å². The Morgan fingerprint density at radius 2 is 1.78 bits per heavy atom. The summed E-state index contributed by atoms with van der Waals surface area (Å²) in [5.74, 6) is 1.06. The molecule has 4 rings (SSSR count). The van der Waals surface area contributed by atoms with Gasteiger partial charge in [-0.2, -0.15) is 4.98 Å². The zero-order valence-corrected chi connectivity index (χ0v) is 18.2. The second-order valence-corrected chi connectivity index (χ2v) is 6.77. The number of nitrogens with zero attached hydrogens (tertiary/aromatic N) is 5. The van der Waals surface area contributed by atoms with E-state index in [1.807, 2.05) is 13.0 Å². The van der Waals surface area contributed by atoms with Crippen molar-refractivity contribution in [2.45, 2.75) is 12.8 Å². The number of nitrogen functional groups attached to an aromatic ring is 1. The smallest absolute Gasteiger partial charge is 0.222 e. The number of nitrogens with one attached hydrogen (secondary N) is 1. The molecule has 1 aromatic carbocycles. The van der Waals surface area contributed by atoms with Crippen LogP contribution in [0.25, 0.3) is 11.3 Å². The van der Waals surface area contributed by atoms with Crippen LogP contribution in [0, 0.1) is 5.82 Å². The number of nitrogens with two attached hydrogens (primary N) is 1. The molecule has 0 aliphatic carbocycles. The minimum absolute atomic E-state index is 0. The summed E-state index contributed by atoms with van der Waals surface area (Å²) < 4.78 is 18.7. The first-order valence-corrected chi connectivity index (χ1v) is 9.51. The van der Waals surface area contributed by atoms with Crippen LogP contribution >= 0.6 is 12.4 Å². The fourth-order valence-electron chi connectivity index (χ4n) is 3.26. The number of halogens is 2. The minimum atomic E-state index is -0.304. The number of aromatic nitrogens is 5. The monoisotopic (exact) mass is 453 g/mol. The third-order valence-corrected chi connectivity index (χ3v) is 4.79. The van der Waals surface area contributed by atoms with Crippen LogP contribution in [-0.4, -0.2) is 32.0 Å². The van der Waals surface area contributed by atoms with Gasteiger partial charge in [0.1, 0.15) is 17.5 Å². The first-order valence-electron chi connectivity index (χ1n) is 9.51. The molecule has 3 heterocycles. The van der Waals surface area contributed by atoms with Crippen molar-refractivity contribution < 1.29 is 9.13 Å². The summed E-state index contributed by atoms with van der Waals surface area (Å²) in [6, 6.07) is 9.91. The van der Waals surface area contributed by atoms with Crippen LogP contribution < -0.4 is 15.8 Å². The standard InChI is InChI=1S/C22H20FN7O.ClH/c1-13(14-3-6-16(23)7-4-14)19-20(15-5-8-18(31-2)27-11-15)29-22(24)30-21(19)28-17-12-25-9-10-26-17;/h3-13H,1-2H3,(H3,24,26,28,29,30);1H. The maximum absolute atomic E-state index is 13.5. The zero-order valence-electron chi connectivity index (χ0n) is 17.4. The van der Waals surface area contributed by atoms with E-state index in [1.54, 1.807) is 50.1 Å². The van der Waals surface area contributed by atoms with Gasteiger partial charge >= 0.3 is 0 Å². The third-order valence-electron chi connectivity index (χ3n) is 4.79. The molecule has 32 heavy (non-hydrogen) atoms. The first-order chi connectivity index (χ1) is 15.0. The Morgan fingerprint density at radius 3 is 2.41 bits per heavy atom. The highest BCUT2D eigenvalue weighted by molar-refractivity contribution is 5.85. The Hall–Kier alpha value is -3.85. The summed E-state index contributed by atoms with van der Waals surface area (Å²) in [5, 5.41) is 3.18. The molecular weight excluding hydrogens is 433 g/mol. The number of rotatable bonds is 6. The van der Waals surface area contributed by atoms with Crippen LogP contribution in [0.1, 0.15) is 24.0 Å². The van der Waals surface area contributed by atoms with Crippen molar-refractivity contribution in [2.24, 2.45) is 0 Å². The van der Waals surface area contributed by atoms with E-state index in [0.29, 0.717) is 23.2 Å². The third kappa shape index (κ3) is 4.89. The molecule has 4 aromatic rings. The van der Waals surface area contributed by atoms with E-state index < -0.39 is 0 Å². The van der Waals surface area contributed by atoms with E-state index in [0.717, 1.165) is 16.7 Å². The van der Waals surface area contributed by atoms with Crippen molar-refractivity contribution in [2.75, 3.05) is 18.2 Å². The summed E-state index contributed by atoms with van der Waals surface area (Å²) in [7, 11) is 1.55. The van der Waals surface area contributed by atoms with E-state index in [1.165, 1.54) is 12.1 Å². The molecule has 0 aliphatic heterocycles. The lowest BCUT2D eigenvalue weighted by molar-refractivity contribution is 0.398. The van der Waals surface area contributed by atoms with E-state index >= 15 is 0 Å². The van der Waals surface area contributed by atoms with Crippen LogP contribution in [0.5, 0.6) is 5.88 Å². The summed E-state index contributed by atoms with van der Waals surface area (Å²) in [6.45, 7) is 1.99. The van der Waals surface area contributed by atoms with E-state index in [-0.39, 0.29) is 30.1 Å². The van der Waals surface area contributed by atoms with Gasteiger partial charge < -0.3 is 15.8 Å². The number of hydrogen-bond acceptors (Lipinski definition) is 8. The number of benzene rings is 1. The van der Waals surface area contributed by atoms with Crippen LogP contribution in [0.15, 0.2) is 61.2 Å². The molecule has 1 atom stereocenters. The van der Waals surface area contributed by atoms with Gasteiger partial charge in [-0.15, -0.1) is 12.4 Å². The second-order valence-electron chi connectivity index (χ2n) is 6.77. The molecule has 0 saturated heterocycles. The Morgan fingerprint density at radius 1 is 1.00 bits per heavy atom. The van der Waals surface area contributed by atoms with Gasteiger partial charge in [-0.1, -0.05) is 19.1 Å². The largest absolute Gasteiger partial charge is 0.481 e. The molecule has 8 nitrogen and oxygen atoms in total. The van der Waals surface area contributed by atoms with Gasteiger partial charge in [0.05, 0.1) is 19.0 Å². The number of pyridine rings is 1. The summed E-state index contributed by atoms with van der Waals surface area (Å²) in [5.41, 5.74) is 9.03. The lowest BCUT2D eigenvalue weighted by atomic mass is 9.90. The van der Waals surface area contributed by atoms with Crippen molar-refractivity contribution in [3.05, 3.63) is 78.1 Å². The topological polar surface area (TPSA) is 112 Å². The van der Waals surface area contributed by atoms with Gasteiger partial charge in [-0.25, -0.2) is 19.3 Å². The number of hydrogen-bond donors (Lipinski definition) is 2. The van der Waals surface area contributed by atoms with Gasteiger partial charge in [-0.3, -0.25) is 4.98 Å². The molecule has 0 radical (unpaired) electrons. The van der Waals surface area contributed by atoms with Crippen LogP contribution in [-0.2, 0) is 0 Å². The fourth-order valence-corrected chi connectivity index (χ4v) is 3.26. The molecule has 0 aliphatic rings. The van der Waals surface area contributed by atoms with Crippen molar-refractivity contribution in [1.82, 2.24) is 24.9 Å². The van der Waals surface area contributed by atoms with E-state index in [9.17, 15) is 4.39 Å². The molecule has 0 spiro atoms. The Balaban J connectivity index is 0.00000289. The molecule has 0 fully saturated rings. The Labute approximate surface area is 190 Å². The maximum Gasteiger partial charge on any atom is 0.222 e. The number of anilines is 3. The molecule has 3 N–H and O–H groups in total. The number of ether oxygens (including phenoxy) is 1. The van der Waals surface area contributed by atoms with Crippen molar-refractivity contribution in [3.8, 4) is 17.1 Å². The average Bonchev–Trinajstić information content (AvgIpc) is 2.79. The SMILES string of the molecule is COc1ccc(-c2nc(N)nc(Nc3cnccn3)c2C(C)c2ccc(F)cc2)cn1.Cl. The molecule has 0 saturated carbocycles. The first kappa shape index (κ1) is 22.8. The lowest BCUT2D eigenvalue weighted by Crippen LogP contribution is -2.11. The van der Waals surface area contributed by atoms with Gasteiger partial charge in [0.15, 0.2) is 0 Å². The van der Waals surface area contributed by atoms with E-state index in [4.69, 9.17) is 10.5 Å². The molecule has 164 valence electrons. The molecular formula is C22H21ClFN7O. The predicted octanol–water partition coefficient (Wildman–Crippen LogP) is 4.38.